The molecule has 5 aromatic rings. The number of para-hydroxylation sites is 1. The standard InChI is InChI=1S/C36H34F2N2/c37-31-19-15-27(16-20-31)34(28-17-21-32(38)22-18-28)13-7-23-39-24-8-14-35-30(26-39)25-36(29-9-3-1-4-10-29)40(35)33-11-5-2-6-12-33/h1-6,9-12,15-22,25,34H,7-8,13-14,23-24,26H2. The first-order valence-corrected chi connectivity index (χ1v) is 14.2. The van der Waals surface area contributed by atoms with Crippen LogP contribution in [0.5, 0.6) is 0 Å². The number of rotatable bonds is 8. The zero-order chi connectivity index (χ0) is 27.3. The minimum Gasteiger partial charge on any atom is -0.313 e. The highest BCUT2D eigenvalue weighted by Gasteiger charge is 2.23. The van der Waals surface area contributed by atoms with Crippen molar-refractivity contribution in [1.29, 1.82) is 0 Å². The van der Waals surface area contributed by atoms with Crippen LogP contribution < -0.4 is 0 Å². The Hall–Kier alpha value is -4.02. The summed E-state index contributed by atoms with van der Waals surface area (Å²) in [5.74, 6) is -0.369. The Labute approximate surface area is 235 Å². The number of fused-ring (bicyclic) bond motifs is 1. The van der Waals surface area contributed by atoms with Crippen LogP contribution in [0, 0.1) is 11.6 Å². The number of halogens is 2. The molecule has 202 valence electrons. The van der Waals surface area contributed by atoms with Gasteiger partial charge in [-0.3, -0.25) is 4.90 Å². The Morgan fingerprint density at radius 1 is 0.700 bits per heavy atom. The van der Waals surface area contributed by atoms with Gasteiger partial charge in [0.2, 0.25) is 0 Å². The Balaban J connectivity index is 1.22. The zero-order valence-corrected chi connectivity index (χ0v) is 22.6. The van der Waals surface area contributed by atoms with Crippen molar-refractivity contribution >= 4 is 0 Å². The van der Waals surface area contributed by atoms with E-state index in [1.807, 2.05) is 24.3 Å². The van der Waals surface area contributed by atoms with Crippen molar-refractivity contribution in [3.05, 3.63) is 149 Å². The van der Waals surface area contributed by atoms with E-state index in [1.165, 1.54) is 52.5 Å². The summed E-state index contributed by atoms with van der Waals surface area (Å²) < 4.78 is 29.7. The highest BCUT2D eigenvalue weighted by atomic mass is 19.1. The molecule has 0 bridgehead atoms. The van der Waals surface area contributed by atoms with Crippen molar-refractivity contribution in [2.75, 3.05) is 13.1 Å². The van der Waals surface area contributed by atoms with Crippen LogP contribution in [0.1, 0.15) is 47.6 Å². The minimum atomic E-state index is -0.237. The second-order valence-electron chi connectivity index (χ2n) is 10.7. The highest BCUT2D eigenvalue weighted by molar-refractivity contribution is 5.66. The Morgan fingerprint density at radius 3 is 1.93 bits per heavy atom. The lowest BCUT2D eigenvalue weighted by Crippen LogP contribution is -2.24. The lowest BCUT2D eigenvalue weighted by Gasteiger charge is -2.23. The van der Waals surface area contributed by atoms with Gasteiger partial charge in [-0.05, 0) is 103 Å². The molecule has 0 saturated carbocycles. The summed E-state index contributed by atoms with van der Waals surface area (Å²) in [4.78, 5) is 2.57. The molecule has 0 radical (unpaired) electrons. The molecule has 4 heteroatoms. The molecule has 4 aromatic carbocycles. The van der Waals surface area contributed by atoms with Crippen LogP contribution in [-0.4, -0.2) is 22.6 Å². The van der Waals surface area contributed by atoms with Gasteiger partial charge in [-0.2, -0.15) is 0 Å². The molecule has 0 saturated heterocycles. The van der Waals surface area contributed by atoms with E-state index in [1.54, 1.807) is 0 Å². The molecule has 1 aliphatic rings. The molecule has 0 spiro atoms. The van der Waals surface area contributed by atoms with E-state index in [-0.39, 0.29) is 17.6 Å². The fourth-order valence-corrected chi connectivity index (χ4v) is 6.12. The highest BCUT2D eigenvalue weighted by Crippen LogP contribution is 2.34. The summed E-state index contributed by atoms with van der Waals surface area (Å²) in [5.41, 5.74) is 8.62. The maximum Gasteiger partial charge on any atom is 0.123 e. The number of hydrogen-bond acceptors (Lipinski definition) is 1. The molecule has 2 nitrogen and oxygen atoms in total. The van der Waals surface area contributed by atoms with Crippen molar-refractivity contribution in [2.45, 2.75) is 38.1 Å². The van der Waals surface area contributed by atoms with E-state index in [4.69, 9.17) is 0 Å². The smallest absolute Gasteiger partial charge is 0.123 e. The lowest BCUT2D eigenvalue weighted by atomic mass is 9.87. The SMILES string of the molecule is Fc1ccc(C(CCCN2CCCc3c(cc(-c4ccccc4)n3-c3ccccc3)C2)c2ccc(F)cc2)cc1. The van der Waals surface area contributed by atoms with Gasteiger partial charge in [0, 0.05) is 23.8 Å². The number of nitrogens with zero attached hydrogens (tertiary/aromatic N) is 2. The molecular formula is C36H34F2N2. The van der Waals surface area contributed by atoms with Crippen molar-refractivity contribution < 1.29 is 8.78 Å². The third-order valence-electron chi connectivity index (χ3n) is 8.07. The number of hydrogen-bond donors (Lipinski definition) is 0. The van der Waals surface area contributed by atoms with E-state index >= 15 is 0 Å². The monoisotopic (exact) mass is 532 g/mol. The van der Waals surface area contributed by atoms with Crippen molar-refractivity contribution in [1.82, 2.24) is 9.47 Å². The summed E-state index contributed by atoms with van der Waals surface area (Å²) >= 11 is 0. The number of benzene rings is 4. The zero-order valence-electron chi connectivity index (χ0n) is 22.6. The maximum absolute atomic E-state index is 13.6. The van der Waals surface area contributed by atoms with Crippen LogP contribution in [0.15, 0.2) is 115 Å². The maximum atomic E-state index is 13.6. The Bertz CT molecular complexity index is 1480. The van der Waals surface area contributed by atoms with Gasteiger partial charge in [-0.25, -0.2) is 8.78 Å². The predicted molar refractivity (Wildman–Crippen MR) is 159 cm³/mol. The van der Waals surface area contributed by atoms with Crippen LogP contribution in [0.3, 0.4) is 0 Å². The molecule has 2 heterocycles. The third kappa shape index (κ3) is 5.78. The molecule has 0 atom stereocenters. The molecule has 0 fully saturated rings. The first-order chi connectivity index (χ1) is 19.7. The van der Waals surface area contributed by atoms with Gasteiger partial charge < -0.3 is 4.57 Å². The van der Waals surface area contributed by atoms with Gasteiger partial charge in [-0.15, -0.1) is 0 Å². The second kappa shape index (κ2) is 12.0. The van der Waals surface area contributed by atoms with Crippen molar-refractivity contribution in [2.24, 2.45) is 0 Å². The normalized spacial score (nSPS) is 13.8. The molecule has 1 aromatic heterocycles. The molecule has 0 aliphatic carbocycles. The van der Waals surface area contributed by atoms with Crippen LogP contribution in [0.4, 0.5) is 8.78 Å². The van der Waals surface area contributed by atoms with E-state index in [9.17, 15) is 8.78 Å². The summed E-state index contributed by atoms with van der Waals surface area (Å²) in [6, 6.07) is 37.2. The molecule has 0 unspecified atom stereocenters. The Kier molecular flexibility index (Phi) is 7.87. The second-order valence-corrected chi connectivity index (χ2v) is 10.7. The van der Waals surface area contributed by atoms with Crippen molar-refractivity contribution in [3.8, 4) is 16.9 Å². The summed E-state index contributed by atoms with van der Waals surface area (Å²) in [6.45, 7) is 2.96. The number of aromatic nitrogens is 1. The first kappa shape index (κ1) is 26.2. The fraction of sp³-hybridized carbons (Fsp3) is 0.222. The van der Waals surface area contributed by atoms with Gasteiger partial charge in [0.05, 0.1) is 5.69 Å². The van der Waals surface area contributed by atoms with Gasteiger partial charge >= 0.3 is 0 Å². The average molecular weight is 533 g/mol. The van der Waals surface area contributed by atoms with Gasteiger partial charge in [0.25, 0.3) is 0 Å². The van der Waals surface area contributed by atoms with Gasteiger partial charge in [-0.1, -0.05) is 72.8 Å². The molecule has 0 N–H and O–H groups in total. The molecule has 1 aliphatic heterocycles. The van der Waals surface area contributed by atoms with Crippen LogP contribution in [0.25, 0.3) is 16.9 Å². The minimum absolute atomic E-state index is 0.104. The molecule has 6 rings (SSSR count). The molecule has 0 amide bonds. The van der Waals surface area contributed by atoms with Gasteiger partial charge in [0.1, 0.15) is 11.6 Å². The topological polar surface area (TPSA) is 8.17 Å². The van der Waals surface area contributed by atoms with Crippen LogP contribution in [0.2, 0.25) is 0 Å². The van der Waals surface area contributed by atoms with E-state index in [2.05, 4.69) is 76.2 Å². The largest absolute Gasteiger partial charge is 0.313 e. The van der Waals surface area contributed by atoms with Crippen LogP contribution >= 0.6 is 0 Å². The quantitative estimate of drug-likeness (QED) is 0.194. The summed E-state index contributed by atoms with van der Waals surface area (Å²) in [6.07, 6.45) is 4.07. The first-order valence-electron chi connectivity index (χ1n) is 14.2. The molecule has 40 heavy (non-hydrogen) atoms. The lowest BCUT2D eigenvalue weighted by molar-refractivity contribution is 0.262. The fourth-order valence-electron chi connectivity index (χ4n) is 6.12. The van der Waals surface area contributed by atoms with E-state index in [0.29, 0.717) is 0 Å². The summed E-state index contributed by atoms with van der Waals surface area (Å²) in [7, 11) is 0. The van der Waals surface area contributed by atoms with E-state index in [0.717, 1.165) is 56.4 Å². The van der Waals surface area contributed by atoms with E-state index < -0.39 is 0 Å². The third-order valence-corrected chi connectivity index (χ3v) is 8.07. The molecular weight excluding hydrogens is 498 g/mol. The predicted octanol–water partition coefficient (Wildman–Crippen LogP) is 8.78. The van der Waals surface area contributed by atoms with Gasteiger partial charge in [0.15, 0.2) is 0 Å². The van der Waals surface area contributed by atoms with Crippen molar-refractivity contribution in [3.63, 3.8) is 0 Å². The average Bonchev–Trinajstić information content (AvgIpc) is 3.23. The Morgan fingerprint density at radius 2 is 1.30 bits per heavy atom. The van der Waals surface area contributed by atoms with Crippen LogP contribution in [-0.2, 0) is 13.0 Å². The summed E-state index contributed by atoms with van der Waals surface area (Å²) in [5, 5.41) is 0.